The third-order valence-corrected chi connectivity index (χ3v) is 6.85. The van der Waals surface area contributed by atoms with Crippen molar-refractivity contribution in [3.63, 3.8) is 0 Å². The van der Waals surface area contributed by atoms with E-state index in [1.165, 1.54) is 11.0 Å². The third-order valence-electron chi connectivity index (χ3n) is 6.48. The monoisotopic (exact) mass is 552 g/mol. The molecule has 0 saturated heterocycles. The van der Waals surface area contributed by atoms with Gasteiger partial charge in [-0.3, -0.25) is 15.0 Å². The first-order valence-corrected chi connectivity index (χ1v) is 12.9. The first kappa shape index (κ1) is 26.5. The molecule has 0 spiro atoms. The Kier molecular flexibility index (Phi) is 6.94. The van der Waals surface area contributed by atoms with Crippen LogP contribution >= 0.6 is 11.6 Å². The highest BCUT2D eigenvalue weighted by molar-refractivity contribution is 6.36. The Hall–Kier alpha value is -4.12. The molecule has 2 aliphatic rings. The van der Waals surface area contributed by atoms with Crippen LogP contribution in [0.1, 0.15) is 37.5 Å². The van der Waals surface area contributed by atoms with Crippen molar-refractivity contribution in [2.24, 2.45) is 0 Å². The third kappa shape index (κ3) is 5.53. The van der Waals surface area contributed by atoms with Gasteiger partial charge in [-0.15, -0.1) is 0 Å². The highest BCUT2D eigenvalue weighted by Crippen LogP contribution is 2.43. The van der Waals surface area contributed by atoms with E-state index in [1.54, 1.807) is 25.3 Å². The van der Waals surface area contributed by atoms with E-state index in [9.17, 15) is 14.9 Å². The summed E-state index contributed by atoms with van der Waals surface area (Å²) in [5.74, 6) is 0.926. The van der Waals surface area contributed by atoms with E-state index in [0.717, 1.165) is 17.5 Å². The number of nitro groups is 1. The molecule has 0 bridgehead atoms. The molecule has 0 radical (unpaired) electrons. The van der Waals surface area contributed by atoms with Gasteiger partial charge in [-0.2, -0.15) is 0 Å². The zero-order valence-corrected chi connectivity index (χ0v) is 22.9. The minimum atomic E-state index is -0.656. The number of aromatic nitrogens is 2. The van der Waals surface area contributed by atoms with Gasteiger partial charge in [0.25, 0.3) is 5.69 Å². The summed E-state index contributed by atoms with van der Waals surface area (Å²) < 4.78 is 11.3. The predicted molar refractivity (Wildman–Crippen MR) is 148 cm³/mol. The molecule has 5 rings (SSSR count). The quantitative estimate of drug-likeness (QED) is 0.316. The number of hydrogen-bond donors (Lipinski definition) is 1. The average molecular weight is 553 g/mol. The molecule has 0 aliphatic carbocycles. The van der Waals surface area contributed by atoms with E-state index >= 15 is 0 Å². The van der Waals surface area contributed by atoms with Gasteiger partial charge in [-0.25, -0.2) is 14.8 Å². The van der Waals surface area contributed by atoms with Crippen LogP contribution in [0.2, 0.25) is 5.02 Å². The summed E-state index contributed by atoms with van der Waals surface area (Å²) in [6.07, 6.45) is 3.77. The SMILES string of the molecule is Cc1cc(Nc2cc3c(cn2)CCN(c2cnc4c(c2Cl)N(C(=O)OC(C)(C)C)CCO4)C3)ccc1[N+](=O)[O-]. The fraction of sp³-hybridized carbons (Fsp3) is 0.370. The molecule has 11 nitrogen and oxygen atoms in total. The Balaban J connectivity index is 1.39. The number of rotatable bonds is 4. The Morgan fingerprint density at radius 3 is 2.69 bits per heavy atom. The Labute approximate surface area is 230 Å². The smallest absolute Gasteiger partial charge is 0.415 e. The van der Waals surface area contributed by atoms with Crippen LogP contribution in [0.3, 0.4) is 0 Å². The summed E-state index contributed by atoms with van der Waals surface area (Å²) in [6, 6.07) is 6.83. The molecule has 4 heterocycles. The second-order valence-corrected chi connectivity index (χ2v) is 10.9. The zero-order chi connectivity index (χ0) is 27.9. The van der Waals surface area contributed by atoms with Gasteiger partial charge < -0.3 is 19.7 Å². The van der Waals surface area contributed by atoms with Gasteiger partial charge in [0.05, 0.1) is 28.4 Å². The van der Waals surface area contributed by atoms with Gasteiger partial charge in [0.1, 0.15) is 23.7 Å². The summed E-state index contributed by atoms with van der Waals surface area (Å²) in [5.41, 5.74) is 3.97. The molecule has 2 aliphatic heterocycles. The molecule has 0 atom stereocenters. The number of carbonyl (C=O) groups is 1. The number of pyridine rings is 2. The van der Waals surface area contributed by atoms with Crippen molar-refractivity contribution in [1.29, 1.82) is 0 Å². The van der Waals surface area contributed by atoms with Crippen LogP contribution < -0.4 is 19.9 Å². The number of nitrogens with zero attached hydrogens (tertiary/aromatic N) is 5. The highest BCUT2D eigenvalue weighted by Gasteiger charge is 2.33. The molecule has 0 saturated carbocycles. The van der Waals surface area contributed by atoms with Crippen LogP contribution in [-0.4, -0.2) is 46.3 Å². The van der Waals surface area contributed by atoms with Gasteiger partial charge >= 0.3 is 6.09 Å². The Morgan fingerprint density at radius 1 is 1.18 bits per heavy atom. The summed E-state index contributed by atoms with van der Waals surface area (Å²) in [6.45, 7) is 8.99. The van der Waals surface area contributed by atoms with Crippen molar-refractivity contribution >= 4 is 46.3 Å². The second kappa shape index (κ2) is 10.2. The Bertz CT molecular complexity index is 1460. The minimum Gasteiger partial charge on any atom is -0.474 e. The van der Waals surface area contributed by atoms with Gasteiger partial charge in [-0.1, -0.05) is 11.6 Å². The van der Waals surface area contributed by atoms with Crippen molar-refractivity contribution in [1.82, 2.24) is 9.97 Å². The van der Waals surface area contributed by atoms with E-state index in [-0.39, 0.29) is 5.69 Å². The maximum atomic E-state index is 12.9. The Morgan fingerprint density at radius 2 is 1.97 bits per heavy atom. The van der Waals surface area contributed by atoms with E-state index in [0.29, 0.717) is 65.6 Å². The van der Waals surface area contributed by atoms with Crippen molar-refractivity contribution in [3.05, 3.63) is 68.5 Å². The lowest BCUT2D eigenvalue weighted by molar-refractivity contribution is -0.385. The summed E-state index contributed by atoms with van der Waals surface area (Å²) >= 11 is 6.90. The van der Waals surface area contributed by atoms with Gasteiger partial charge in [0.15, 0.2) is 0 Å². The minimum absolute atomic E-state index is 0.0702. The molecule has 12 heteroatoms. The summed E-state index contributed by atoms with van der Waals surface area (Å²) in [7, 11) is 0. The summed E-state index contributed by atoms with van der Waals surface area (Å²) in [5, 5.41) is 14.7. The van der Waals surface area contributed by atoms with Gasteiger partial charge in [0.2, 0.25) is 5.88 Å². The zero-order valence-electron chi connectivity index (χ0n) is 22.2. The molecule has 1 amide bonds. The lowest BCUT2D eigenvalue weighted by atomic mass is 10.0. The predicted octanol–water partition coefficient (Wildman–Crippen LogP) is 5.79. The number of fused-ring (bicyclic) bond motifs is 2. The van der Waals surface area contributed by atoms with Crippen LogP contribution in [0.25, 0.3) is 0 Å². The summed E-state index contributed by atoms with van der Waals surface area (Å²) in [4.78, 5) is 36.3. The number of carbonyl (C=O) groups excluding carboxylic acids is 1. The largest absolute Gasteiger partial charge is 0.474 e. The van der Waals surface area contributed by atoms with Gasteiger partial charge in [0, 0.05) is 36.6 Å². The number of aryl methyl sites for hydroxylation is 1. The number of halogens is 1. The normalized spacial score (nSPS) is 14.7. The van der Waals surface area contributed by atoms with Crippen molar-refractivity contribution in [2.75, 3.05) is 34.8 Å². The molecule has 204 valence electrons. The lowest BCUT2D eigenvalue weighted by Crippen LogP contribution is -2.42. The standard InChI is InChI=1S/C27H29ClN6O5/c1-16-11-19(5-6-20(16)34(36)37)31-22-12-18-15-32(8-7-17(18)13-29-22)21-14-30-25-24(23(21)28)33(9-10-38-25)26(35)39-27(2,3)4/h5-6,11-14H,7-10,15H2,1-4H3,(H,29,31). The molecule has 2 aromatic heterocycles. The number of anilines is 4. The fourth-order valence-electron chi connectivity index (χ4n) is 4.66. The van der Waals surface area contributed by atoms with E-state index < -0.39 is 16.6 Å². The molecular formula is C27H29ClN6O5. The van der Waals surface area contributed by atoms with E-state index in [1.807, 2.05) is 33.0 Å². The number of amides is 1. The molecule has 0 fully saturated rings. The van der Waals surface area contributed by atoms with Crippen molar-refractivity contribution < 1.29 is 19.2 Å². The molecule has 39 heavy (non-hydrogen) atoms. The van der Waals surface area contributed by atoms with Crippen LogP contribution in [0.4, 0.5) is 33.4 Å². The van der Waals surface area contributed by atoms with Crippen LogP contribution in [0.5, 0.6) is 5.88 Å². The maximum Gasteiger partial charge on any atom is 0.415 e. The van der Waals surface area contributed by atoms with E-state index in [4.69, 9.17) is 21.1 Å². The van der Waals surface area contributed by atoms with Crippen LogP contribution in [-0.2, 0) is 17.7 Å². The van der Waals surface area contributed by atoms with Crippen molar-refractivity contribution in [3.8, 4) is 5.88 Å². The first-order valence-electron chi connectivity index (χ1n) is 12.6. The molecule has 0 unspecified atom stereocenters. The number of ether oxygens (including phenoxy) is 2. The maximum absolute atomic E-state index is 12.9. The second-order valence-electron chi connectivity index (χ2n) is 10.5. The van der Waals surface area contributed by atoms with Crippen molar-refractivity contribution in [2.45, 2.75) is 46.3 Å². The fourth-order valence-corrected chi connectivity index (χ4v) is 5.01. The topological polar surface area (TPSA) is 123 Å². The number of hydrogen-bond acceptors (Lipinski definition) is 9. The van der Waals surface area contributed by atoms with Crippen LogP contribution in [0, 0.1) is 17.0 Å². The van der Waals surface area contributed by atoms with E-state index in [2.05, 4.69) is 20.2 Å². The molecule has 1 N–H and O–H groups in total. The first-order chi connectivity index (χ1) is 18.5. The molecule has 3 aromatic rings. The van der Waals surface area contributed by atoms with Crippen LogP contribution in [0.15, 0.2) is 36.7 Å². The lowest BCUT2D eigenvalue weighted by Gasteiger charge is -2.35. The molecular weight excluding hydrogens is 524 g/mol. The number of benzene rings is 1. The molecule has 1 aromatic carbocycles. The van der Waals surface area contributed by atoms with Gasteiger partial charge in [-0.05, 0) is 63.4 Å². The highest BCUT2D eigenvalue weighted by atomic mass is 35.5. The number of nitrogens with one attached hydrogen (secondary N) is 1. The number of nitro benzene ring substituents is 1. The average Bonchev–Trinajstić information content (AvgIpc) is 2.87.